The molecule has 7 heteroatoms. The molecule has 0 spiro atoms. The highest BCUT2D eigenvalue weighted by molar-refractivity contribution is 14.0. The number of piperidine rings is 1. The van der Waals surface area contributed by atoms with Crippen LogP contribution in [0.1, 0.15) is 45.2 Å². The number of aromatic nitrogens is 1. The third-order valence-electron chi connectivity index (χ3n) is 4.59. The van der Waals surface area contributed by atoms with Gasteiger partial charge in [-0.3, -0.25) is 0 Å². The summed E-state index contributed by atoms with van der Waals surface area (Å²) in [4.78, 5) is 11.6. The fourth-order valence-corrected chi connectivity index (χ4v) is 3.14. The molecule has 0 aliphatic carbocycles. The molecule has 0 aromatic carbocycles. The number of halogens is 1. The number of likely N-dealkylation sites (tertiary alicyclic amines) is 1. The van der Waals surface area contributed by atoms with Gasteiger partial charge in [-0.05, 0) is 45.7 Å². The van der Waals surface area contributed by atoms with E-state index in [0.717, 1.165) is 43.8 Å². The highest BCUT2D eigenvalue weighted by Crippen LogP contribution is 2.16. The summed E-state index contributed by atoms with van der Waals surface area (Å²) < 4.78 is 5.16. The summed E-state index contributed by atoms with van der Waals surface area (Å²) in [6, 6.07) is 6.48. The van der Waals surface area contributed by atoms with Crippen LogP contribution in [0.5, 0.6) is 5.88 Å². The molecule has 0 amide bonds. The molecular formula is C19H34IN5O. The van der Waals surface area contributed by atoms with Crippen LogP contribution in [0.4, 0.5) is 0 Å². The maximum Gasteiger partial charge on any atom is 0.213 e. The van der Waals surface area contributed by atoms with Crippen molar-refractivity contribution in [2.24, 2.45) is 4.99 Å². The summed E-state index contributed by atoms with van der Waals surface area (Å²) in [7, 11) is 1.63. The van der Waals surface area contributed by atoms with Gasteiger partial charge in [-0.2, -0.15) is 0 Å². The number of methoxy groups -OCH3 is 1. The van der Waals surface area contributed by atoms with Crippen molar-refractivity contribution in [3.8, 4) is 5.88 Å². The van der Waals surface area contributed by atoms with Crippen molar-refractivity contribution >= 4 is 29.9 Å². The Morgan fingerprint density at radius 3 is 2.92 bits per heavy atom. The van der Waals surface area contributed by atoms with E-state index in [1.165, 1.54) is 25.8 Å². The lowest BCUT2D eigenvalue weighted by molar-refractivity contribution is 0.159. The van der Waals surface area contributed by atoms with Crippen molar-refractivity contribution in [3.05, 3.63) is 23.9 Å². The lowest BCUT2D eigenvalue weighted by Crippen LogP contribution is -2.41. The molecule has 26 heavy (non-hydrogen) atoms. The molecule has 148 valence electrons. The second-order valence-electron chi connectivity index (χ2n) is 6.53. The second kappa shape index (κ2) is 13.1. The lowest BCUT2D eigenvalue weighted by Gasteiger charge is -2.33. The van der Waals surface area contributed by atoms with E-state index in [1.54, 1.807) is 7.11 Å². The van der Waals surface area contributed by atoms with E-state index in [1.807, 2.05) is 18.2 Å². The van der Waals surface area contributed by atoms with Crippen LogP contribution in [0.3, 0.4) is 0 Å². The topological polar surface area (TPSA) is 61.8 Å². The molecular weight excluding hydrogens is 441 g/mol. The van der Waals surface area contributed by atoms with Gasteiger partial charge < -0.3 is 20.3 Å². The molecule has 1 aliphatic heterocycles. The molecule has 2 heterocycles. The molecule has 2 N–H and O–H groups in total. The Morgan fingerprint density at radius 1 is 1.35 bits per heavy atom. The Hall–Kier alpha value is -1.09. The van der Waals surface area contributed by atoms with E-state index < -0.39 is 0 Å². The van der Waals surface area contributed by atoms with Crippen LogP contribution < -0.4 is 15.4 Å². The monoisotopic (exact) mass is 475 g/mol. The van der Waals surface area contributed by atoms with Gasteiger partial charge in [0.05, 0.1) is 19.3 Å². The van der Waals surface area contributed by atoms with Gasteiger partial charge in [-0.1, -0.05) is 12.5 Å². The van der Waals surface area contributed by atoms with Gasteiger partial charge in [0, 0.05) is 31.7 Å². The first kappa shape index (κ1) is 23.0. The normalized spacial score (nSPS) is 18.1. The molecule has 1 saturated heterocycles. The zero-order valence-corrected chi connectivity index (χ0v) is 18.7. The predicted molar refractivity (Wildman–Crippen MR) is 119 cm³/mol. The minimum atomic E-state index is 0. The molecule has 6 nitrogen and oxygen atoms in total. The van der Waals surface area contributed by atoms with Crippen LogP contribution in [0.25, 0.3) is 0 Å². The number of rotatable bonds is 8. The summed E-state index contributed by atoms with van der Waals surface area (Å²) >= 11 is 0. The third kappa shape index (κ3) is 8.07. The predicted octanol–water partition coefficient (Wildman–Crippen LogP) is 3.03. The first-order chi connectivity index (χ1) is 12.2. The largest absolute Gasteiger partial charge is 0.481 e. The van der Waals surface area contributed by atoms with Crippen LogP contribution >= 0.6 is 24.0 Å². The summed E-state index contributed by atoms with van der Waals surface area (Å²) in [5.74, 6) is 1.47. The summed E-state index contributed by atoms with van der Waals surface area (Å²) in [6.45, 7) is 9.15. The quantitative estimate of drug-likeness (QED) is 0.262. The summed E-state index contributed by atoms with van der Waals surface area (Å²) in [5, 5.41) is 6.72. The fraction of sp³-hybridized carbons (Fsp3) is 0.684. The van der Waals surface area contributed by atoms with Crippen LogP contribution in [0, 0.1) is 0 Å². The lowest BCUT2D eigenvalue weighted by atomic mass is 10.0. The zero-order valence-electron chi connectivity index (χ0n) is 16.3. The van der Waals surface area contributed by atoms with Gasteiger partial charge in [0.15, 0.2) is 5.96 Å². The molecule has 1 atom stereocenters. The smallest absolute Gasteiger partial charge is 0.213 e. The second-order valence-corrected chi connectivity index (χ2v) is 6.53. The van der Waals surface area contributed by atoms with Crippen molar-refractivity contribution in [1.29, 1.82) is 0 Å². The van der Waals surface area contributed by atoms with E-state index in [4.69, 9.17) is 4.74 Å². The number of guanidine groups is 1. The molecule has 2 rings (SSSR count). The summed E-state index contributed by atoms with van der Waals surface area (Å²) in [6.07, 6.45) is 5.19. The van der Waals surface area contributed by atoms with Gasteiger partial charge in [0.25, 0.3) is 0 Å². The average molecular weight is 475 g/mol. The molecule has 1 aromatic rings. The number of hydrogen-bond donors (Lipinski definition) is 2. The third-order valence-corrected chi connectivity index (χ3v) is 4.59. The van der Waals surface area contributed by atoms with Gasteiger partial charge in [-0.15, -0.1) is 24.0 Å². The SMILES string of the molecule is CCNC(=NCc1cccc(OC)n1)NCCCN1CCCCC1C.I. The number of nitrogens with zero attached hydrogens (tertiary/aromatic N) is 3. The minimum absolute atomic E-state index is 0. The first-order valence-corrected chi connectivity index (χ1v) is 9.49. The molecule has 0 bridgehead atoms. The first-order valence-electron chi connectivity index (χ1n) is 9.49. The van der Waals surface area contributed by atoms with Gasteiger partial charge >= 0.3 is 0 Å². The number of aliphatic imine (C=N–C) groups is 1. The molecule has 0 radical (unpaired) electrons. The average Bonchev–Trinajstić information content (AvgIpc) is 2.64. The van der Waals surface area contributed by atoms with E-state index in [-0.39, 0.29) is 24.0 Å². The van der Waals surface area contributed by atoms with Gasteiger partial charge in [0.1, 0.15) is 0 Å². The van der Waals surface area contributed by atoms with Gasteiger partial charge in [-0.25, -0.2) is 9.98 Å². The zero-order chi connectivity index (χ0) is 17.9. The number of nitrogens with one attached hydrogen (secondary N) is 2. The van der Waals surface area contributed by atoms with Crippen molar-refractivity contribution in [2.45, 2.75) is 52.1 Å². The van der Waals surface area contributed by atoms with E-state index in [2.05, 4.69) is 39.4 Å². The van der Waals surface area contributed by atoms with Crippen LogP contribution in [0.2, 0.25) is 0 Å². The maximum atomic E-state index is 5.16. The Labute approximate surface area is 175 Å². The van der Waals surface area contributed by atoms with E-state index in [9.17, 15) is 0 Å². The van der Waals surface area contributed by atoms with Crippen molar-refractivity contribution in [1.82, 2.24) is 20.5 Å². The molecule has 1 fully saturated rings. The number of pyridine rings is 1. The van der Waals surface area contributed by atoms with E-state index >= 15 is 0 Å². The van der Waals surface area contributed by atoms with Gasteiger partial charge in [0.2, 0.25) is 5.88 Å². The highest BCUT2D eigenvalue weighted by atomic mass is 127. The van der Waals surface area contributed by atoms with Crippen molar-refractivity contribution in [2.75, 3.05) is 33.3 Å². The fourth-order valence-electron chi connectivity index (χ4n) is 3.14. The maximum absolute atomic E-state index is 5.16. The number of hydrogen-bond acceptors (Lipinski definition) is 4. The highest BCUT2D eigenvalue weighted by Gasteiger charge is 2.17. The van der Waals surface area contributed by atoms with Crippen LogP contribution in [-0.2, 0) is 6.54 Å². The van der Waals surface area contributed by atoms with Crippen molar-refractivity contribution < 1.29 is 4.74 Å². The van der Waals surface area contributed by atoms with E-state index in [0.29, 0.717) is 12.4 Å². The Balaban J connectivity index is 0.00000338. The van der Waals surface area contributed by atoms with Crippen molar-refractivity contribution in [3.63, 3.8) is 0 Å². The van der Waals surface area contributed by atoms with Crippen LogP contribution in [0.15, 0.2) is 23.2 Å². The minimum Gasteiger partial charge on any atom is -0.481 e. The Morgan fingerprint density at radius 2 is 2.19 bits per heavy atom. The molecule has 1 aliphatic rings. The summed E-state index contributed by atoms with van der Waals surface area (Å²) in [5.41, 5.74) is 0.902. The Kier molecular flexibility index (Phi) is 11.6. The Bertz CT molecular complexity index is 540. The number of ether oxygens (including phenoxy) is 1. The van der Waals surface area contributed by atoms with Crippen LogP contribution in [-0.4, -0.2) is 55.2 Å². The molecule has 0 saturated carbocycles. The standard InChI is InChI=1S/C19H33N5O.HI/c1-4-20-19(22-15-17-10-7-11-18(23-17)25-3)21-12-8-14-24-13-6-5-9-16(24)2;/h7,10-11,16H,4-6,8-9,12-15H2,1-3H3,(H2,20,21,22);1H. The molecule has 1 unspecified atom stereocenters. The molecule has 1 aromatic heterocycles.